The van der Waals surface area contributed by atoms with Crippen molar-refractivity contribution in [2.24, 2.45) is 5.92 Å². The highest BCUT2D eigenvalue weighted by Crippen LogP contribution is 2.39. The van der Waals surface area contributed by atoms with Crippen molar-refractivity contribution in [1.29, 1.82) is 0 Å². The topological polar surface area (TPSA) is 107 Å². The molecule has 1 aliphatic heterocycles. The molecule has 1 atom stereocenters. The number of fused-ring (bicyclic) bond motifs is 1. The smallest absolute Gasteiger partial charge is 0.267 e. The van der Waals surface area contributed by atoms with Crippen LogP contribution in [0.3, 0.4) is 0 Å². The molecule has 2 heterocycles. The van der Waals surface area contributed by atoms with Crippen molar-refractivity contribution in [2.75, 3.05) is 6.61 Å². The maximum Gasteiger partial charge on any atom is 0.267 e. The summed E-state index contributed by atoms with van der Waals surface area (Å²) in [4.78, 5) is 24.4. The summed E-state index contributed by atoms with van der Waals surface area (Å²) in [5, 5.41) is 18.0. The van der Waals surface area contributed by atoms with Crippen LogP contribution in [0.2, 0.25) is 0 Å². The van der Waals surface area contributed by atoms with E-state index in [1.54, 1.807) is 6.92 Å². The number of hydrogen-bond donors (Lipinski definition) is 4. The number of nitrogens with one attached hydrogen (secondary N) is 3. The number of aromatic amines is 2. The molecule has 0 spiro atoms. The zero-order valence-electron chi connectivity index (χ0n) is 14.7. The van der Waals surface area contributed by atoms with Crippen LogP contribution in [0, 0.1) is 12.8 Å². The van der Waals surface area contributed by atoms with Crippen molar-refractivity contribution in [3.63, 3.8) is 0 Å². The molecular weight excluding hydrogens is 334 g/mol. The van der Waals surface area contributed by atoms with Crippen molar-refractivity contribution in [2.45, 2.75) is 44.8 Å². The molecule has 1 aromatic carbocycles. The van der Waals surface area contributed by atoms with Crippen molar-refractivity contribution in [3.8, 4) is 5.75 Å². The monoisotopic (exact) mass is 357 g/mol. The average molecular weight is 357 g/mol. The zero-order chi connectivity index (χ0) is 18.3. The quantitative estimate of drug-likeness (QED) is 0.643. The van der Waals surface area contributed by atoms with Crippen molar-refractivity contribution in [1.82, 2.24) is 15.5 Å². The molecule has 1 amide bonds. The summed E-state index contributed by atoms with van der Waals surface area (Å²) in [7, 11) is 0. The van der Waals surface area contributed by atoms with Gasteiger partial charge in [-0.3, -0.25) is 14.7 Å². The standard InChI is InChI=1S/C19H23N3O4/c1-10-15(19(25)22-21-10)9-17(24)20-18(13-7-14(23)8-13)12-2-3-16-11(6-12)4-5-26-16/h2-3,6,13-14,18,23H,4-5,7-9H2,1H3,(H,20,24)(H2,21,22,25)/t13?,14?,18-/m1/s1. The fraction of sp³-hybridized carbons (Fsp3) is 0.474. The van der Waals surface area contributed by atoms with Crippen LogP contribution in [0.1, 0.15) is 41.3 Å². The second-order valence-electron chi connectivity index (χ2n) is 7.26. The van der Waals surface area contributed by atoms with Gasteiger partial charge in [0.25, 0.3) is 5.56 Å². The highest BCUT2D eigenvalue weighted by Gasteiger charge is 2.36. The Morgan fingerprint density at radius 2 is 2.19 bits per heavy atom. The summed E-state index contributed by atoms with van der Waals surface area (Å²) < 4.78 is 5.56. The molecule has 0 radical (unpaired) electrons. The Morgan fingerprint density at radius 1 is 1.38 bits per heavy atom. The molecule has 1 aliphatic carbocycles. The second-order valence-corrected chi connectivity index (χ2v) is 7.26. The van der Waals surface area contributed by atoms with E-state index in [1.165, 1.54) is 0 Å². The normalized spacial score (nSPS) is 22.2. The van der Waals surface area contributed by atoms with Gasteiger partial charge in [-0.1, -0.05) is 6.07 Å². The second kappa shape index (κ2) is 6.64. The number of amides is 1. The Morgan fingerprint density at radius 3 is 2.88 bits per heavy atom. The van der Waals surface area contributed by atoms with Gasteiger partial charge in [-0.15, -0.1) is 0 Å². The number of aliphatic hydroxyl groups excluding tert-OH is 1. The molecular formula is C19H23N3O4. The molecule has 1 aromatic heterocycles. The van der Waals surface area contributed by atoms with Gasteiger partial charge < -0.3 is 20.3 Å². The highest BCUT2D eigenvalue weighted by molar-refractivity contribution is 5.79. The molecule has 2 aromatic rings. The van der Waals surface area contributed by atoms with Crippen LogP contribution in [-0.4, -0.2) is 33.9 Å². The molecule has 1 fully saturated rings. The van der Waals surface area contributed by atoms with Gasteiger partial charge in [0, 0.05) is 17.7 Å². The van der Waals surface area contributed by atoms with Gasteiger partial charge in [-0.2, -0.15) is 0 Å². The number of carbonyl (C=O) groups excluding carboxylic acids is 1. The van der Waals surface area contributed by atoms with E-state index in [9.17, 15) is 14.7 Å². The summed E-state index contributed by atoms with van der Waals surface area (Å²) in [6.45, 7) is 2.45. The Kier molecular flexibility index (Phi) is 4.32. The number of ether oxygens (including phenoxy) is 1. The van der Waals surface area contributed by atoms with Crippen molar-refractivity contribution >= 4 is 5.91 Å². The van der Waals surface area contributed by atoms with Crippen molar-refractivity contribution in [3.05, 3.63) is 50.9 Å². The molecule has 1 saturated carbocycles. The third-order valence-electron chi connectivity index (χ3n) is 5.44. The SMILES string of the molecule is Cc1[nH][nH]c(=O)c1CC(=O)N[C@H](c1ccc2c(c1)CCO2)C1CC(O)C1. The van der Waals surface area contributed by atoms with E-state index in [4.69, 9.17) is 4.74 Å². The predicted octanol–water partition coefficient (Wildman–Crippen LogP) is 1.12. The Labute approximate surface area is 150 Å². The first-order valence-corrected chi connectivity index (χ1v) is 9.00. The summed E-state index contributed by atoms with van der Waals surface area (Å²) >= 11 is 0. The van der Waals surface area contributed by atoms with E-state index in [-0.39, 0.29) is 36.0 Å². The lowest BCUT2D eigenvalue weighted by molar-refractivity contribution is -0.122. The fourth-order valence-electron chi connectivity index (χ4n) is 3.84. The van der Waals surface area contributed by atoms with Crippen LogP contribution >= 0.6 is 0 Å². The van der Waals surface area contributed by atoms with Crippen LogP contribution in [-0.2, 0) is 17.6 Å². The van der Waals surface area contributed by atoms with E-state index < -0.39 is 0 Å². The first-order valence-electron chi connectivity index (χ1n) is 9.00. The number of hydrogen-bond acceptors (Lipinski definition) is 4. The molecule has 4 rings (SSSR count). The van der Waals surface area contributed by atoms with Gasteiger partial charge in [-0.25, -0.2) is 0 Å². The summed E-state index contributed by atoms with van der Waals surface area (Å²) in [5.41, 5.74) is 3.05. The first-order chi connectivity index (χ1) is 12.5. The van der Waals surface area contributed by atoms with Crippen molar-refractivity contribution < 1.29 is 14.6 Å². The van der Waals surface area contributed by atoms with Gasteiger partial charge in [0.15, 0.2) is 0 Å². The number of carbonyl (C=O) groups is 1. The third-order valence-corrected chi connectivity index (χ3v) is 5.44. The van der Waals surface area contributed by atoms with Crippen LogP contribution in [0.15, 0.2) is 23.0 Å². The predicted molar refractivity (Wildman–Crippen MR) is 95.1 cm³/mol. The Balaban J connectivity index is 1.54. The average Bonchev–Trinajstić information content (AvgIpc) is 3.18. The highest BCUT2D eigenvalue weighted by atomic mass is 16.5. The molecule has 4 N–H and O–H groups in total. The van der Waals surface area contributed by atoms with Gasteiger partial charge in [-0.05, 0) is 48.9 Å². The molecule has 7 heteroatoms. The first kappa shape index (κ1) is 16.9. The van der Waals surface area contributed by atoms with E-state index in [0.29, 0.717) is 30.7 Å². The number of H-pyrrole nitrogens is 2. The minimum Gasteiger partial charge on any atom is -0.493 e. The maximum atomic E-state index is 12.6. The molecule has 2 aliphatic rings. The lowest BCUT2D eigenvalue weighted by Crippen LogP contribution is -2.42. The van der Waals surface area contributed by atoms with Crippen LogP contribution < -0.4 is 15.6 Å². The molecule has 138 valence electrons. The zero-order valence-corrected chi connectivity index (χ0v) is 14.7. The van der Waals surface area contributed by atoms with E-state index in [0.717, 1.165) is 23.3 Å². The van der Waals surface area contributed by atoms with E-state index >= 15 is 0 Å². The number of aromatic nitrogens is 2. The van der Waals surface area contributed by atoms with Gasteiger partial charge in [0.1, 0.15) is 5.75 Å². The Hall–Kier alpha value is -2.54. The number of aliphatic hydroxyl groups is 1. The number of benzene rings is 1. The number of rotatable bonds is 5. The number of aryl methyl sites for hydroxylation is 1. The fourth-order valence-corrected chi connectivity index (χ4v) is 3.84. The molecule has 0 bridgehead atoms. The van der Waals surface area contributed by atoms with Crippen LogP contribution in [0.4, 0.5) is 0 Å². The lowest BCUT2D eigenvalue weighted by Gasteiger charge is -2.38. The largest absolute Gasteiger partial charge is 0.493 e. The minimum absolute atomic E-state index is 0.0322. The van der Waals surface area contributed by atoms with E-state index in [2.05, 4.69) is 21.6 Å². The summed E-state index contributed by atoms with van der Waals surface area (Å²) in [6, 6.07) is 5.85. The molecule has 0 saturated heterocycles. The molecule has 26 heavy (non-hydrogen) atoms. The van der Waals surface area contributed by atoms with Gasteiger partial charge in [0.05, 0.1) is 25.2 Å². The summed E-state index contributed by atoms with van der Waals surface area (Å²) in [5.74, 6) is 0.906. The maximum absolute atomic E-state index is 12.6. The van der Waals surface area contributed by atoms with E-state index in [1.807, 2.05) is 12.1 Å². The third kappa shape index (κ3) is 3.14. The van der Waals surface area contributed by atoms with Gasteiger partial charge in [0.2, 0.25) is 5.91 Å². The molecule has 0 unspecified atom stereocenters. The summed E-state index contributed by atoms with van der Waals surface area (Å²) in [6.07, 6.45) is 1.94. The Bertz CT molecular complexity index is 879. The molecule has 7 nitrogen and oxygen atoms in total. The van der Waals surface area contributed by atoms with Crippen LogP contribution in [0.25, 0.3) is 0 Å². The minimum atomic E-state index is -0.299. The van der Waals surface area contributed by atoms with Crippen LogP contribution in [0.5, 0.6) is 5.75 Å². The lowest BCUT2D eigenvalue weighted by atomic mass is 9.74. The van der Waals surface area contributed by atoms with Gasteiger partial charge >= 0.3 is 0 Å².